The van der Waals surface area contributed by atoms with Crippen LogP contribution in [0.1, 0.15) is 11.8 Å². The number of hydrogen-bond acceptors (Lipinski definition) is 5. The zero-order valence-electron chi connectivity index (χ0n) is 8.85. The van der Waals surface area contributed by atoms with Gasteiger partial charge in [0, 0.05) is 18.7 Å². The number of nitrogens with one attached hydrogen (secondary N) is 1. The number of aromatic nitrogens is 2. The second kappa shape index (κ2) is 3.81. The molecule has 6 heteroatoms. The Morgan fingerprint density at radius 2 is 2.24 bits per heavy atom. The fourth-order valence-electron chi connectivity index (χ4n) is 1.63. The molecule has 5 nitrogen and oxygen atoms in total. The molecule has 0 unspecified atom stereocenters. The third-order valence-corrected chi connectivity index (χ3v) is 2.78. The van der Waals surface area contributed by atoms with E-state index in [1.807, 2.05) is 0 Å². The molecule has 2 N–H and O–H groups in total. The topological polar surface area (TPSA) is 71.2 Å². The number of nitrogens with zero attached hydrogens (tertiary/aromatic N) is 2. The summed E-state index contributed by atoms with van der Waals surface area (Å²) < 4.78 is 18.3. The first-order valence-electron chi connectivity index (χ1n) is 5.27. The van der Waals surface area contributed by atoms with Gasteiger partial charge in [0.25, 0.3) is 0 Å². The molecule has 1 aromatic heterocycles. The smallest absolute Gasteiger partial charge is 0.232 e. The zero-order chi connectivity index (χ0) is 11.8. The summed E-state index contributed by atoms with van der Waals surface area (Å²) in [5.41, 5.74) is 0.489. The first kappa shape index (κ1) is 10.2. The van der Waals surface area contributed by atoms with Gasteiger partial charge in [0.05, 0.1) is 5.92 Å². The summed E-state index contributed by atoms with van der Waals surface area (Å²) in [6, 6.07) is 4.00. The molecule has 3 rings (SSSR count). The van der Waals surface area contributed by atoms with Crippen molar-refractivity contribution in [3.63, 3.8) is 0 Å². The molecule has 17 heavy (non-hydrogen) atoms. The molecule has 0 amide bonds. The van der Waals surface area contributed by atoms with Crippen LogP contribution in [0.15, 0.2) is 22.7 Å². The van der Waals surface area contributed by atoms with Crippen molar-refractivity contribution in [1.29, 1.82) is 0 Å². The van der Waals surface area contributed by atoms with Crippen molar-refractivity contribution in [2.24, 2.45) is 0 Å². The van der Waals surface area contributed by atoms with Crippen molar-refractivity contribution in [3.05, 3.63) is 29.9 Å². The van der Waals surface area contributed by atoms with Gasteiger partial charge in [0.1, 0.15) is 0 Å². The quantitative estimate of drug-likeness (QED) is 0.820. The van der Waals surface area contributed by atoms with Gasteiger partial charge >= 0.3 is 0 Å². The van der Waals surface area contributed by atoms with Crippen LogP contribution in [-0.2, 0) is 0 Å². The van der Waals surface area contributed by atoms with E-state index in [0.717, 1.165) is 13.1 Å². The summed E-state index contributed by atoms with van der Waals surface area (Å²) in [6.45, 7) is 1.65. The maximum atomic E-state index is 13.2. The molecule has 1 aliphatic rings. The number of benzene rings is 1. The molecule has 0 spiro atoms. The summed E-state index contributed by atoms with van der Waals surface area (Å²) in [4.78, 5) is 4.21. The largest absolute Gasteiger partial charge is 0.505 e. The fourth-order valence-corrected chi connectivity index (χ4v) is 1.63. The minimum absolute atomic E-state index is 0.248. The fraction of sp³-hybridized carbons (Fsp3) is 0.273. The lowest BCUT2D eigenvalue weighted by atomic mass is 10.0. The molecule has 88 valence electrons. The molecule has 0 atom stereocenters. The SMILES string of the molecule is Oc1ccc(-c2noc(C3CNC3)n2)cc1F. The first-order chi connectivity index (χ1) is 8.24. The van der Waals surface area contributed by atoms with Gasteiger partial charge < -0.3 is 14.9 Å². The number of aromatic hydroxyl groups is 1. The van der Waals surface area contributed by atoms with Crippen LogP contribution in [0.2, 0.25) is 0 Å². The number of phenolic OH excluding ortho intramolecular Hbond substituents is 1. The number of phenols is 1. The molecule has 1 aromatic carbocycles. The van der Waals surface area contributed by atoms with Crippen molar-refractivity contribution < 1.29 is 14.0 Å². The normalized spacial score (nSPS) is 15.8. The average Bonchev–Trinajstić information content (AvgIpc) is 2.69. The Labute approximate surface area is 96.3 Å². The zero-order valence-corrected chi connectivity index (χ0v) is 8.85. The Kier molecular flexibility index (Phi) is 2.29. The first-order valence-corrected chi connectivity index (χ1v) is 5.27. The summed E-state index contributed by atoms with van der Waals surface area (Å²) in [5, 5.41) is 16.0. The standard InChI is InChI=1S/C11H10FN3O2/c12-8-3-6(1-2-9(8)16)10-14-11(17-15-10)7-4-13-5-7/h1-3,7,13,16H,4-5H2. The second-order valence-corrected chi connectivity index (χ2v) is 3.98. The van der Waals surface area contributed by atoms with Crippen molar-refractivity contribution in [3.8, 4) is 17.1 Å². The molecule has 1 fully saturated rings. The van der Waals surface area contributed by atoms with Crippen LogP contribution >= 0.6 is 0 Å². The van der Waals surface area contributed by atoms with Crippen LogP contribution in [0.3, 0.4) is 0 Å². The molecule has 2 heterocycles. The highest BCUT2D eigenvalue weighted by molar-refractivity contribution is 5.55. The predicted octanol–water partition coefficient (Wildman–Crippen LogP) is 1.27. The summed E-state index contributed by atoms with van der Waals surface area (Å²) in [7, 11) is 0. The molecule has 0 aliphatic carbocycles. The Bertz CT molecular complexity index is 551. The number of rotatable bonds is 2. The Hall–Kier alpha value is -1.95. The van der Waals surface area contributed by atoms with Crippen LogP contribution < -0.4 is 5.32 Å². The van der Waals surface area contributed by atoms with E-state index in [-0.39, 0.29) is 11.7 Å². The Morgan fingerprint density at radius 3 is 2.88 bits per heavy atom. The van der Waals surface area contributed by atoms with Gasteiger partial charge in [-0.2, -0.15) is 4.98 Å². The molecule has 2 aromatic rings. The van der Waals surface area contributed by atoms with Gasteiger partial charge in [-0.1, -0.05) is 5.16 Å². The molecular weight excluding hydrogens is 225 g/mol. The number of halogens is 1. The summed E-state index contributed by atoms with van der Waals surface area (Å²) in [5.74, 6) is 0.0658. The molecular formula is C11H10FN3O2. The van der Waals surface area contributed by atoms with E-state index in [0.29, 0.717) is 17.3 Å². The minimum atomic E-state index is -0.695. The van der Waals surface area contributed by atoms with E-state index in [1.54, 1.807) is 6.07 Å². The van der Waals surface area contributed by atoms with Gasteiger partial charge in [-0.3, -0.25) is 0 Å². The van der Waals surface area contributed by atoms with Gasteiger partial charge in [-0.05, 0) is 18.2 Å². The van der Waals surface area contributed by atoms with E-state index >= 15 is 0 Å². The lowest BCUT2D eigenvalue weighted by Gasteiger charge is -2.22. The molecule has 0 radical (unpaired) electrons. The van der Waals surface area contributed by atoms with Gasteiger partial charge in [0.15, 0.2) is 11.6 Å². The van der Waals surface area contributed by atoms with E-state index in [1.165, 1.54) is 12.1 Å². The lowest BCUT2D eigenvalue weighted by Crippen LogP contribution is -2.40. The molecule has 0 saturated carbocycles. The highest BCUT2D eigenvalue weighted by atomic mass is 19.1. The van der Waals surface area contributed by atoms with E-state index < -0.39 is 5.82 Å². The van der Waals surface area contributed by atoms with Gasteiger partial charge in [-0.25, -0.2) is 4.39 Å². The average molecular weight is 235 g/mol. The third kappa shape index (κ3) is 1.76. The Balaban J connectivity index is 1.92. The highest BCUT2D eigenvalue weighted by Gasteiger charge is 2.25. The van der Waals surface area contributed by atoms with Crippen LogP contribution in [0.5, 0.6) is 5.75 Å². The Morgan fingerprint density at radius 1 is 1.41 bits per heavy atom. The monoisotopic (exact) mass is 235 g/mol. The molecule has 0 bridgehead atoms. The second-order valence-electron chi connectivity index (χ2n) is 3.98. The summed E-state index contributed by atoms with van der Waals surface area (Å²) in [6.07, 6.45) is 0. The van der Waals surface area contributed by atoms with Crippen LogP contribution in [0.4, 0.5) is 4.39 Å². The van der Waals surface area contributed by atoms with Crippen molar-refractivity contribution in [1.82, 2.24) is 15.5 Å². The van der Waals surface area contributed by atoms with Crippen LogP contribution in [-0.4, -0.2) is 28.3 Å². The predicted molar refractivity (Wildman–Crippen MR) is 57.0 cm³/mol. The van der Waals surface area contributed by atoms with Crippen LogP contribution in [0.25, 0.3) is 11.4 Å². The third-order valence-electron chi connectivity index (χ3n) is 2.78. The van der Waals surface area contributed by atoms with Crippen molar-refractivity contribution in [2.75, 3.05) is 13.1 Å². The summed E-state index contributed by atoms with van der Waals surface area (Å²) >= 11 is 0. The molecule has 1 aliphatic heterocycles. The lowest BCUT2D eigenvalue weighted by molar-refractivity contribution is 0.308. The van der Waals surface area contributed by atoms with Crippen molar-refractivity contribution in [2.45, 2.75) is 5.92 Å². The molecule has 1 saturated heterocycles. The van der Waals surface area contributed by atoms with Gasteiger partial charge in [0.2, 0.25) is 11.7 Å². The van der Waals surface area contributed by atoms with E-state index in [2.05, 4.69) is 15.5 Å². The van der Waals surface area contributed by atoms with Crippen LogP contribution in [0, 0.1) is 5.82 Å². The maximum Gasteiger partial charge on any atom is 0.232 e. The number of hydrogen-bond donors (Lipinski definition) is 2. The highest BCUT2D eigenvalue weighted by Crippen LogP contribution is 2.25. The van der Waals surface area contributed by atoms with Gasteiger partial charge in [-0.15, -0.1) is 0 Å². The van der Waals surface area contributed by atoms with E-state index in [4.69, 9.17) is 9.63 Å². The van der Waals surface area contributed by atoms with E-state index in [9.17, 15) is 4.39 Å². The van der Waals surface area contributed by atoms with Crippen molar-refractivity contribution >= 4 is 0 Å². The maximum absolute atomic E-state index is 13.2. The minimum Gasteiger partial charge on any atom is -0.505 e.